The second-order valence-electron chi connectivity index (χ2n) is 7.14. The Kier molecular flexibility index (Phi) is 5.35. The fourth-order valence-electron chi connectivity index (χ4n) is 4.12. The van der Waals surface area contributed by atoms with Crippen LogP contribution >= 0.6 is 11.6 Å². The smallest absolute Gasteiger partial charge is 0.0705 e. The van der Waals surface area contributed by atoms with Crippen LogP contribution in [0.1, 0.15) is 37.3 Å². The maximum Gasteiger partial charge on any atom is 0.0705 e. The minimum Gasteiger partial charge on any atom is -0.381 e. The maximum atomic E-state index is 6.14. The van der Waals surface area contributed by atoms with E-state index in [0.717, 1.165) is 36.0 Å². The second kappa shape index (κ2) is 7.86. The first-order chi connectivity index (χ1) is 12.3. The Morgan fingerprint density at radius 1 is 1.04 bits per heavy atom. The number of halogens is 1. The van der Waals surface area contributed by atoms with E-state index in [1.54, 1.807) is 0 Å². The molecule has 4 rings (SSSR count). The third kappa shape index (κ3) is 4.05. The molecular weight excluding hydrogens is 332 g/mol. The van der Waals surface area contributed by atoms with Crippen molar-refractivity contribution >= 4 is 11.6 Å². The molecule has 0 saturated carbocycles. The third-order valence-corrected chi connectivity index (χ3v) is 5.70. The molecule has 4 heteroatoms. The van der Waals surface area contributed by atoms with Crippen molar-refractivity contribution in [3.8, 4) is 11.3 Å². The number of nitrogens with zero attached hydrogens (tertiary/aromatic N) is 2. The highest BCUT2D eigenvalue weighted by atomic mass is 35.5. The monoisotopic (exact) mass is 356 g/mol. The van der Waals surface area contributed by atoms with Crippen LogP contribution in [0.25, 0.3) is 11.3 Å². The summed E-state index contributed by atoms with van der Waals surface area (Å²) in [6, 6.07) is 15.0. The number of piperidine rings is 1. The zero-order valence-corrected chi connectivity index (χ0v) is 15.3. The lowest BCUT2D eigenvalue weighted by atomic mass is 9.91. The van der Waals surface area contributed by atoms with Crippen molar-refractivity contribution < 1.29 is 4.74 Å². The zero-order valence-electron chi connectivity index (χ0n) is 14.5. The Morgan fingerprint density at radius 3 is 2.72 bits per heavy atom. The molecule has 25 heavy (non-hydrogen) atoms. The highest BCUT2D eigenvalue weighted by molar-refractivity contribution is 6.30. The van der Waals surface area contributed by atoms with E-state index < -0.39 is 0 Å². The molecule has 2 aliphatic heterocycles. The molecule has 0 aliphatic carbocycles. The van der Waals surface area contributed by atoms with Gasteiger partial charge in [-0.15, -0.1) is 0 Å². The Bertz CT molecular complexity index is 715. The number of hydrogen-bond acceptors (Lipinski definition) is 3. The molecule has 0 bridgehead atoms. The van der Waals surface area contributed by atoms with Gasteiger partial charge in [-0.3, -0.25) is 9.88 Å². The minimum absolute atomic E-state index is 0.524. The summed E-state index contributed by atoms with van der Waals surface area (Å²) >= 11 is 6.14. The first-order valence-corrected chi connectivity index (χ1v) is 9.72. The van der Waals surface area contributed by atoms with E-state index in [1.807, 2.05) is 18.2 Å². The van der Waals surface area contributed by atoms with Gasteiger partial charge >= 0.3 is 0 Å². The van der Waals surface area contributed by atoms with Gasteiger partial charge in [-0.2, -0.15) is 0 Å². The Balaban J connectivity index is 1.52. The van der Waals surface area contributed by atoms with Crippen LogP contribution in [0.15, 0.2) is 42.5 Å². The van der Waals surface area contributed by atoms with Gasteiger partial charge < -0.3 is 4.74 Å². The van der Waals surface area contributed by atoms with Crippen LogP contribution in [0.4, 0.5) is 0 Å². The standard InChI is InChI=1S/C21H25ClN2O/c22-18-6-1-4-16(14-18)20-7-2-8-21(23-20)17-5-3-11-24(15-17)19-9-12-25-13-10-19/h1-2,4,6-8,14,17,19H,3,5,9-13,15H2. The molecule has 3 nitrogen and oxygen atoms in total. The molecule has 1 aromatic heterocycles. The first kappa shape index (κ1) is 17.0. The van der Waals surface area contributed by atoms with Gasteiger partial charge in [0.2, 0.25) is 0 Å². The van der Waals surface area contributed by atoms with E-state index in [2.05, 4.69) is 29.2 Å². The summed E-state index contributed by atoms with van der Waals surface area (Å²) < 4.78 is 5.53. The van der Waals surface area contributed by atoms with Crippen LogP contribution in [-0.2, 0) is 4.74 Å². The summed E-state index contributed by atoms with van der Waals surface area (Å²) in [5.41, 5.74) is 3.32. The summed E-state index contributed by atoms with van der Waals surface area (Å²) in [7, 11) is 0. The van der Waals surface area contributed by atoms with Crippen molar-refractivity contribution in [2.45, 2.75) is 37.6 Å². The van der Waals surface area contributed by atoms with Crippen molar-refractivity contribution in [1.82, 2.24) is 9.88 Å². The normalized spacial score (nSPS) is 22.8. The highest BCUT2D eigenvalue weighted by Gasteiger charge is 2.28. The predicted octanol–water partition coefficient (Wildman–Crippen LogP) is 4.76. The van der Waals surface area contributed by atoms with Crippen molar-refractivity contribution in [3.05, 3.63) is 53.2 Å². The summed E-state index contributed by atoms with van der Waals surface area (Å²) in [6.45, 7) is 4.16. The SMILES string of the molecule is Clc1cccc(-c2cccc(C3CCCN(C4CCOCC4)C3)n2)c1. The summed E-state index contributed by atoms with van der Waals surface area (Å²) in [5, 5.41) is 0.757. The molecule has 0 N–H and O–H groups in total. The van der Waals surface area contributed by atoms with E-state index >= 15 is 0 Å². The average Bonchev–Trinajstić information content (AvgIpc) is 2.69. The van der Waals surface area contributed by atoms with Gasteiger partial charge in [-0.05, 0) is 56.5 Å². The summed E-state index contributed by atoms with van der Waals surface area (Å²) in [6.07, 6.45) is 4.82. The maximum absolute atomic E-state index is 6.14. The molecule has 2 aromatic rings. The van der Waals surface area contributed by atoms with E-state index in [-0.39, 0.29) is 0 Å². The summed E-state index contributed by atoms with van der Waals surface area (Å²) in [4.78, 5) is 7.65. The zero-order chi connectivity index (χ0) is 17.1. The molecule has 0 amide bonds. The van der Waals surface area contributed by atoms with E-state index in [9.17, 15) is 0 Å². The second-order valence-corrected chi connectivity index (χ2v) is 7.57. The molecule has 1 unspecified atom stereocenters. The largest absolute Gasteiger partial charge is 0.381 e. The van der Waals surface area contributed by atoms with Crippen molar-refractivity contribution in [3.63, 3.8) is 0 Å². The Morgan fingerprint density at radius 2 is 1.88 bits per heavy atom. The van der Waals surface area contributed by atoms with Crippen LogP contribution in [0, 0.1) is 0 Å². The molecule has 0 radical (unpaired) electrons. The van der Waals surface area contributed by atoms with Crippen molar-refractivity contribution in [2.24, 2.45) is 0 Å². The lowest BCUT2D eigenvalue weighted by Crippen LogP contribution is -2.44. The molecule has 2 saturated heterocycles. The number of ether oxygens (including phenoxy) is 1. The highest BCUT2D eigenvalue weighted by Crippen LogP contribution is 2.30. The van der Waals surface area contributed by atoms with Gasteiger partial charge in [0.25, 0.3) is 0 Å². The molecule has 1 aromatic carbocycles. The quantitative estimate of drug-likeness (QED) is 0.792. The van der Waals surface area contributed by atoms with Gasteiger partial charge in [-0.25, -0.2) is 0 Å². The number of aromatic nitrogens is 1. The fourth-order valence-corrected chi connectivity index (χ4v) is 4.31. The molecule has 132 valence electrons. The van der Waals surface area contributed by atoms with Crippen LogP contribution in [-0.4, -0.2) is 42.2 Å². The molecule has 2 fully saturated rings. The average molecular weight is 357 g/mol. The number of pyridine rings is 1. The molecule has 0 spiro atoms. The predicted molar refractivity (Wildman–Crippen MR) is 102 cm³/mol. The van der Waals surface area contributed by atoms with Crippen LogP contribution in [0.3, 0.4) is 0 Å². The first-order valence-electron chi connectivity index (χ1n) is 9.34. The van der Waals surface area contributed by atoms with Gasteiger partial charge in [0, 0.05) is 48.0 Å². The van der Waals surface area contributed by atoms with Gasteiger partial charge in [-0.1, -0.05) is 29.8 Å². The van der Waals surface area contributed by atoms with E-state index in [0.29, 0.717) is 12.0 Å². The fraction of sp³-hybridized carbons (Fsp3) is 0.476. The van der Waals surface area contributed by atoms with Crippen LogP contribution in [0.2, 0.25) is 5.02 Å². The minimum atomic E-state index is 0.524. The Labute approximate surface area is 155 Å². The van der Waals surface area contributed by atoms with Crippen molar-refractivity contribution in [1.29, 1.82) is 0 Å². The van der Waals surface area contributed by atoms with Gasteiger partial charge in [0.15, 0.2) is 0 Å². The van der Waals surface area contributed by atoms with E-state index in [1.165, 1.54) is 37.9 Å². The van der Waals surface area contributed by atoms with Crippen molar-refractivity contribution in [2.75, 3.05) is 26.3 Å². The van der Waals surface area contributed by atoms with Gasteiger partial charge in [0.05, 0.1) is 5.69 Å². The topological polar surface area (TPSA) is 25.4 Å². The third-order valence-electron chi connectivity index (χ3n) is 5.47. The van der Waals surface area contributed by atoms with Crippen LogP contribution < -0.4 is 0 Å². The summed E-state index contributed by atoms with van der Waals surface area (Å²) in [5.74, 6) is 0.524. The van der Waals surface area contributed by atoms with E-state index in [4.69, 9.17) is 21.3 Å². The molecular formula is C21H25ClN2O. The number of hydrogen-bond donors (Lipinski definition) is 0. The number of rotatable bonds is 3. The Hall–Kier alpha value is -1.42. The molecule has 2 aliphatic rings. The van der Waals surface area contributed by atoms with Gasteiger partial charge in [0.1, 0.15) is 0 Å². The number of benzene rings is 1. The molecule has 1 atom stereocenters. The lowest BCUT2D eigenvalue weighted by molar-refractivity contribution is 0.0238. The van der Waals surface area contributed by atoms with Crippen LogP contribution in [0.5, 0.6) is 0 Å². The molecule has 3 heterocycles. The number of likely N-dealkylation sites (tertiary alicyclic amines) is 1. The lowest BCUT2D eigenvalue weighted by Gasteiger charge is -2.39.